The molecular weight excluding hydrogens is 316 g/mol. The van der Waals surface area contributed by atoms with Crippen LogP contribution in [-0.4, -0.2) is 55.1 Å². The molecule has 0 aromatic carbocycles. The first-order valence-electron chi connectivity index (χ1n) is 8.26. The average Bonchev–Trinajstić information content (AvgIpc) is 2.51. The number of amides is 2. The van der Waals surface area contributed by atoms with Gasteiger partial charge in [0.25, 0.3) is 0 Å². The first kappa shape index (κ1) is 22.2. The van der Waals surface area contributed by atoms with Gasteiger partial charge in [0.05, 0.1) is 6.61 Å². The molecule has 0 spiro atoms. The number of aliphatic hydroxyl groups is 1. The van der Waals surface area contributed by atoms with Gasteiger partial charge in [0.2, 0.25) is 11.8 Å². The molecule has 0 bridgehead atoms. The van der Waals surface area contributed by atoms with Crippen LogP contribution in [-0.2, 0) is 14.3 Å². The van der Waals surface area contributed by atoms with Crippen molar-refractivity contribution in [2.45, 2.75) is 52.6 Å². The Bertz CT molecular complexity index is 351. The van der Waals surface area contributed by atoms with E-state index in [1.807, 2.05) is 0 Å². The van der Waals surface area contributed by atoms with Gasteiger partial charge in [0.1, 0.15) is 6.10 Å². The fourth-order valence-electron chi connectivity index (χ4n) is 1.90. The molecule has 136 valence electrons. The molecule has 0 aromatic rings. The van der Waals surface area contributed by atoms with Crippen LogP contribution >= 0.6 is 12.6 Å². The van der Waals surface area contributed by atoms with Crippen molar-refractivity contribution in [2.24, 2.45) is 5.41 Å². The highest BCUT2D eigenvalue weighted by Gasteiger charge is 2.33. The Kier molecular flexibility index (Phi) is 12.2. The minimum atomic E-state index is -1.17. The third kappa shape index (κ3) is 10.6. The number of ether oxygens (including phenoxy) is 1. The summed E-state index contributed by atoms with van der Waals surface area (Å²) in [4.78, 5) is 23.4. The summed E-state index contributed by atoms with van der Waals surface area (Å²) in [6, 6.07) is 0. The predicted octanol–water partition coefficient (Wildman–Crippen LogP) is 1.13. The first-order chi connectivity index (χ1) is 10.8. The maximum Gasteiger partial charge on any atom is 0.249 e. The largest absolute Gasteiger partial charge is 0.383 e. The molecule has 0 radical (unpaired) electrons. The van der Waals surface area contributed by atoms with Gasteiger partial charge in [-0.05, 0) is 6.42 Å². The van der Waals surface area contributed by atoms with Gasteiger partial charge < -0.3 is 20.5 Å². The number of hydrogen-bond donors (Lipinski definition) is 4. The van der Waals surface area contributed by atoms with Crippen LogP contribution in [0.15, 0.2) is 0 Å². The Morgan fingerprint density at radius 3 is 2.52 bits per heavy atom. The molecule has 0 saturated heterocycles. The molecule has 0 aromatic heterocycles. The van der Waals surface area contributed by atoms with Crippen LogP contribution in [0.2, 0.25) is 0 Å². The topological polar surface area (TPSA) is 87.7 Å². The van der Waals surface area contributed by atoms with Gasteiger partial charge >= 0.3 is 0 Å². The lowest BCUT2D eigenvalue weighted by molar-refractivity contribution is -0.138. The lowest BCUT2D eigenvalue weighted by atomic mass is 9.87. The molecule has 1 atom stereocenters. The van der Waals surface area contributed by atoms with Crippen LogP contribution in [0.4, 0.5) is 0 Å². The highest BCUT2D eigenvalue weighted by atomic mass is 32.1. The zero-order valence-electron chi connectivity index (χ0n) is 14.6. The van der Waals surface area contributed by atoms with E-state index in [0.717, 1.165) is 19.3 Å². The van der Waals surface area contributed by atoms with Crippen molar-refractivity contribution in [3.05, 3.63) is 0 Å². The van der Waals surface area contributed by atoms with Gasteiger partial charge in [-0.1, -0.05) is 33.6 Å². The minimum Gasteiger partial charge on any atom is -0.383 e. The van der Waals surface area contributed by atoms with Crippen LogP contribution < -0.4 is 10.6 Å². The van der Waals surface area contributed by atoms with E-state index >= 15 is 0 Å². The maximum atomic E-state index is 12.0. The van der Waals surface area contributed by atoms with Gasteiger partial charge in [0, 0.05) is 37.3 Å². The number of unbranched alkanes of at least 4 members (excludes halogenated alkanes) is 2. The Balaban J connectivity index is 4.02. The SMILES string of the molecule is CCCCCOCC(C)(C)C(O)C(=O)NCCC(=O)NCCS. The van der Waals surface area contributed by atoms with Crippen LogP contribution in [0.1, 0.15) is 46.5 Å². The van der Waals surface area contributed by atoms with Gasteiger partial charge in [-0.15, -0.1) is 0 Å². The lowest BCUT2D eigenvalue weighted by Gasteiger charge is -2.29. The monoisotopic (exact) mass is 348 g/mol. The summed E-state index contributed by atoms with van der Waals surface area (Å²) in [5.74, 6) is -0.0509. The Morgan fingerprint density at radius 1 is 1.22 bits per heavy atom. The van der Waals surface area contributed by atoms with Crippen LogP contribution in [0.3, 0.4) is 0 Å². The quantitative estimate of drug-likeness (QED) is 0.297. The average molecular weight is 349 g/mol. The zero-order chi connectivity index (χ0) is 17.7. The lowest BCUT2D eigenvalue weighted by Crippen LogP contribution is -2.46. The molecule has 3 N–H and O–H groups in total. The molecule has 6 nitrogen and oxygen atoms in total. The van der Waals surface area contributed by atoms with E-state index in [-0.39, 0.29) is 18.9 Å². The van der Waals surface area contributed by atoms with Crippen LogP contribution in [0.25, 0.3) is 0 Å². The standard InChI is InChI=1S/C16H32N2O4S/c1-4-5-6-10-22-12-16(2,3)14(20)15(21)18-8-7-13(19)17-9-11-23/h14,20,23H,4-12H2,1-3H3,(H,17,19)(H,18,21). The van der Waals surface area contributed by atoms with Gasteiger partial charge in [-0.2, -0.15) is 12.6 Å². The van der Waals surface area contributed by atoms with E-state index in [0.29, 0.717) is 25.5 Å². The molecule has 0 rings (SSSR count). The maximum absolute atomic E-state index is 12.0. The molecule has 0 aliphatic carbocycles. The summed E-state index contributed by atoms with van der Waals surface area (Å²) >= 11 is 3.99. The van der Waals surface area contributed by atoms with Gasteiger partial charge in [-0.3, -0.25) is 9.59 Å². The summed E-state index contributed by atoms with van der Waals surface area (Å²) in [5.41, 5.74) is -0.676. The summed E-state index contributed by atoms with van der Waals surface area (Å²) in [5, 5.41) is 15.4. The van der Waals surface area contributed by atoms with Crippen molar-refractivity contribution >= 4 is 24.4 Å². The molecule has 0 aliphatic rings. The Morgan fingerprint density at radius 2 is 1.91 bits per heavy atom. The summed E-state index contributed by atoms with van der Waals surface area (Å²) in [7, 11) is 0. The molecule has 23 heavy (non-hydrogen) atoms. The van der Waals surface area contributed by atoms with E-state index in [9.17, 15) is 14.7 Å². The summed E-state index contributed by atoms with van der Waals surface area (Å²) in [6.45, 7) is 7.34. The molecule has 1 unspecified atom stereocenters. The van der Waals surface area contributed by atoms with Crippen molar-refractivity contribution < 1.29 is 19.4 Å². The third-order valence-electron chi connectivity index (χ3n) is 3.44. The second-order valence-electron chi connectivity index (χ2n) is 6.27. The number of thiol groups is 1. The number of rotatable bonds is 13. The number of aliphatic hydroxyl groups excluding tert-OH is 1. The Hall–Kier alpha value is -0.790. The van der Waals surface area contributed by atoms with Crippen LogP contribution in [0, 0.1) is 5.41 Å². The molecule has 0 saturated carbocycles. The van der Waals surface area contributed by atoms with Crippen molar-refractivity contribution in [3.63, 3.8) is 0 Å². The second-order valence-corrected chi connectivity index (χ2v) is 6.71. The van der Waals surface area contributed by atoms with Crippen LogP contribution in [0.5, 0.6) is 0 Å². The van der Waals surface area contributed by atoms with E-state index < -0.39 is 17.4 Å². The molecule has 2 amide bonds. The molecular formula is C16H32N2O4S. The highest BCUT2D eigenvalue weighted by molar-refractivity contribution is 7.80. The predicted molar refractivity (Wildman–Crippen MR) is 94.6 cm³/mol. The highest BCUT2D eigenvalue weighted by Crippen LogP contribution is 2.21. The number of carbonyl (C=O) groups excluding carboxylic acids is 2. The number of hydrogen-bond acceptors (Lipinski definition) is 5. The first-order valence-corrected chi connectivity index (χ1v) is 8.89. The van der Waals surface area contributed by atoms with Crippen molar-refractivity contribution in [2.75, 3.05) is 32.1 Å². The van der Waals surface area contributed by atoms with Crippen molar-refractivity contribution in [1.29, 1.82) is 0 Å². The van der Waals surface area contributed by atoms with Crippen molar-refractivity contribution in [1.82, 2.24) is 10.6 Å². The van der Waals surface area contributed by atoms with Gasteiger partial charge in [0.15, 0.2) is 0 Å². The zero-order valence-corrected chi connectivity index (χ0v) is 15.5. The smallest absolute Gasteiger partial charge is 0.249 e. The normalized spacial score (nSPS) is 12.7. The number of carbonyl (C=O) groups is 2. The van der Waals surface area contributed by atoms with E-state index in [1.54, 1.807) is 13.8 Å². The summed E-state index contributed by atoms with van der Waals surface area (Å²) in [6.07, 6.45) is 2.23. The van der Waals surface area contributed by atoms with E-state index in [2.05, 4.69) is 30.2 Å². The molecule has 0 heterocycles. The molecule has 7 heteroatoms. The second kappa shape index (κ2) is 12.6. The third-order valence-corrected chi connectivity index (χ3v) is 3.66. The fourth-order valence-corrected chi connectivity index (χ4v) is 2.01. The Labute approximate surface area is 145 Å². The van der Waals surface area contributed by atoms with Crippen molar-refractivity contribution in [3.8, 4) is 0 Å². The van der Waals surface area contributed by atoms with E-state index in [1.165, 1.54) is 0 Å². The van der Waals surface area contributed by atoms with E-state index in [4.69, 9.17) is 4.74 Å². The minimum absolute atomic E-state index is 0.146. The summed E-state index contributed by atoms with van der Waals surface area (Å²) < 4.78 is 5.55. The number of nitrogens with one attached hydrogen (secondary N) is 2. The van der Waals surface area contributed by atoms with Gasteiger partial charge in [-0.25, -0.2) is 0 Å². The molecule has 0 aliphatic heterocycles. The fraction of sp³-hybridized carbons (Fsp3) is 0.875. The molecule has 0 fully saturated rings.